The molecular weight excluding hydrogens is 260 g/mol. The fraction of sp³-hybridized carbons (Fsp3) is 0.714. The van der Waals surface area contributed by atoms with Gasteiger partial charge in [-0.15, -0.1) is 11.6 Å². The molecule has 1 fully saturated rings. The number of hydrogen-bond donors (Lipinski definition) is 0. The molecule has 0 aliphatic heterocycles. The molecule has 2 heterocycles. The van der Waals surface area contributed by atoms with Crippen molar-refractivity contribution in [2.45, 2.75) is 58.5 Å². The minimum Gasteiger partial charge on any atom is -0.311 e. The van der Waals surface area contributed by atoms with Crippen molar-refractivity contribution < 1.29 is 0 Å². The Kier molecular flexibility index (Phi) is 3.29. The highest BCUT2D eigenvalue weighted by Gasteiger charge is 2.25. The van der Waals surface area contributed by atoms with Crippen LogP contribution in [-0.2, 0) is 13.1 Å². The number of nitrogens with zero attached hydrogens (tertiary/aromatic N) is 4. The molecular formula is C14H21ClN4. The highest BCUT2D eigenvalue weighted by Crippen LogP contribution is 2.32. The molecule has 4 nitrogen and oxygen atoms in total. The summed E-state index contributed by atoms with van der Waals surface area (Å²) in [5.74, 6) is 1.78. The lowest BCUT2D eigenvalue weighted by molar-refractivity contribution is 0.275. The van der Waals surface area contributed by atoms with Gasteiger partial charge in [0.2, 0.25) is 0 Å². The zero-order valence-corrected chi connectivity index (χ0v) is 12.6. The first-order chi connectivity index (χ1) is 9.11. The number of halogens is 1. The second-order valence-corrected chi connectivity index (χ2v) is 6.22. The zero-order valence-electron chi connectivity index (χ0n) is 11.9. The number of hydrogen-bond acceptors (Lipinski definition) is 2. The van der Waals surface area contributed by atoms with Crippen molar-refractivity contribution in [2.75, 3.05) is 0 Å². The summed E-state index contributed by atoms with van der Waals surface area (Å²) < 4.78 is 4.36. The van der Waals surface area contributed by atoms with Gasteiger partial charge in [-0.2, -0.15) is 5.10 Å². The summed E-state index contributed by atoms with van der Waals surface area (Å²) in [6.07, 6.45) is 4.02. The molecule has 1 saturated carbocycles. The lowest BCUT2D eigenvalue weighted by Crippen LogP contribution is -2.20. The van der Waals surface area contributed by atoms with Gasteiger partial charge < -0.3 is 4.57 Å². The van der Waals surface area contributed by atoms with Gasteiger partial charge in [0.15, 0.2) is 5.65 Å². The first-order valence-electron chi connectivity index (χ1n) is 7.19. The Morgan fingerprint density at radius 1 is 1.42 bits per heavy atom. The molecule has 1 atom stereocenters. The number of rotatable bonds is 4. The quantitative estimate of drug-likeness (QED) is 0.801. The second kappa shape index (κ2) is 4.82. The Hall–Kier alpha value is -1.03. The van der Waals surface area contributed by atoms with Crippen LogP contribution in [0.3, 0.4) is 0 Å². The lowest BCUT2D eigenvalue weighted by Gasteiger charge is -2.27. The van der Waals surface area contributed by atoms with E-state index in [1.807, 2.05) is 13.8 Å². The van der Waals surface area contributed by atoms with Gasteiger partial charge in [0.25, 0.3) is 0 Å². The molecule has 5 heteroatoms. The van der Waals surface area contributed by atoms with Crippen LogP contribution in [0.5, 0.6) is 0 Å². The van der Waals surface area contributed by atoms with Crippen molar-refractivity contribution in [1.29, 1.82) is 0 Å². The number of aromatic nitrogens is 4. The third-order valence-corrected chi connectivity index (χ3v) is 4.34. The molecule has 0 radical (unpaired) electrons. The minimum atomic E-state index is -0.0582. The fourth-order valence-electron chi connectivity index (χ4n) is 2.88. The largest absolute Gasteiger partial charge is 0.311 e. The highest BCUT2D eigenvalue weighted by molar-refractivity contribution is 6.20. The van der Waals surface area contributed by atoms with E-state index in [-0.39, 0.29) is 5.38 Å². The number of alkyl halides is 1. The van der Waals surface area contributed by atoms with Crippen molar-refractivity contribution >= 4 is 22.8 Å². The van der Waals surface area contributed by atoms with Gasteiger partial charge in [-0.1, -0.05) is 6.42 Å². The van der Waals surface area contributed by atoms with Crippen LogP contribution in [-0.4, -0.2) is 19.3 Å². The summed E-state index contributed by atoms with van der Waals surface area (Å²) in [5.41, 5.74) is 3.17. The van der Waals surface area contributed by atoms with Crippen molar-refractivity contribution in [3.63, 3.8) is 0 Å². The molecule has 104 valence electrons. The van der Waals surface area contributed by atoms with Gasteiger partial charge in [-0.3, -0.25) is 0 Å². The first-order valence-corrected chi connectivity index (χ1v) is 7.63. The van der Waals surface area contributed by atoms with E-state index in [0.717, 1.165) is 41.7 Å². The normalized spacial score (nSPS) is 17.9. The average molecular weight is 281 g/mol. The predicted octanol–water partition coefficient (Wildman–Crippen LogP) is 3.66. The monoisotopic (exact) mass is 280 g/mol. The van der Waals surface area contributed by atoms with Crippen molar-refractivity contribution in [2.24, 2.45) is 5.92 Å². The van der Waals surface area contributed by atoms with Crippen LogP contribution >= 0.6 is 11.6 Å². The maximum absolute atomic E-state index is 6.32. The third-order valence-electron chi connectivity index (χ3n) is 4.15. The average Bonchev–Trinajstić information content (AvgIpc) is 2.83. The van der Waals surface area contributed by atoms with Gasteiger partial charge in [-0.25, -0.2) is 9.67 Å². The molecule has 0 amide bonds. The maximum Gasteiger partial charge on any atom is 0.158 e. The molecule has 0 spiro atoms. The summed E-state index contributed by atoms with van der Waals surface area (Å²) in [6.45, 7) is 8.05. The summed E-state index contributed by atoms with van der Waals surface area (Å²) in [4.78, 5) is 4.74. The Bertz CT molecular complexity index is 592. The van der Waals surface area contributed by atoms with Gasteiger partial charge in [0, 0.05) is 13.1 Å². The predicted molar refractivity (Wildman–Crippen MR) is 77.5 cm³/mol. The van der Waals surface area contributed by atoms with Crippen LogP contribution in [0, 0.1) is 12.8 Å². The summed E-state index contributed by atoms with van der Waals surface area (Å²) in [5, 5.41) is 4.51. The van der Waals surface area contributed by atoms with E-state index in [4.69, 9.17) is 16.6 Å². The van der Waals surface area contributed by atoms with E-state index >= 15 is 0 Å². The maximum atomic E-state index is 6.32. The smallest absolute Gasteiger partial charge is 0.158 e. The van der Waals surface area contributed by atoms with E-state index in [9.17, 15) is 0 Å². The van der Waals surface area contributed by atoms with Crippen molar-refractivity contribution in [3.05, 3.63) is 11.5 Å². The van der Waals surface area contributed by atoms with Crippen LogP contribution < -0.4 is 0 Å². The standard InChI is InChI=1S/C14H21ClN4/c1-4-19-14-12(10(3)17-19)16-13(9(2)15)18(14)8-11-6-5-7-11/h9,11H,4-8H2,1-3H3. The van der Waals surface area contributed by atoms with Crippen LogP contribution in [0.4, 0.5) is 0 Å². The fourth-order valence-corrected chi connectivity index (χ4v) is 3.05. The second-order valence-electron chi connectivity index (χ2n) is 5.57. The van der Waals surface area contributed by atoms with E-state index in [1.165, 1.54) is 19.3 Å². The van der Waals surface area contributed by atoms with Crippen LogP contribution in [0.15, 0.2) is 0 Å². The molecule has 0 aromatic carbocycles. The Labute approximate surface area is 118 Å². The van der Waals surface area contributed by atoms with E-state index in [2.05, 4.69) is 21.3 Å². The van der Waals surface area contributed by atoms with Gasteiger partial charge in [-0.05, 0) is 39.5 Å². The Balaban J connectivity index is 2.14. The summed E-state index contributed by atoms with van der Waals surface area (Å²) in [7, 11) is 0. The van der Waals surface area contributed by atoms with Crippen LogP contribution in [0.1, 0.15) is 50.0 Å². The van der Waals surface area contributed by atoms with Crippen LogP contribution in [0.25, 0.3) is 11.2 Å². The van der Waals surface area contributed by atoms with Crippen LogP contribution in [0.2, 0.25) is 0 Å². The molecule has 19 heavy (non-hydrogen) atoms. The summed E-state index contributed by atoms with van der Waals surface area (Å²) in [6, 6.07) is 0. The molecule has 1 unspecified atom stereocenters. The Morgan fingerprint density at radius 2 is 2.16 bits per heavy atom. The van der Waals surface area contributed by atoms with E-state index in [1.54, 1.807) is 0 Å². The van der Waals surface area contributed by atoms with E-state index in [0.29, 0.717) is 0 Å². The molecule has 1 aliphatic rings. The SMILES string of the molecule is CCn1nc(C)c2nc(C(C)Cl)n(CC3CCC3)c21. The molecule has 0 bridgehead atoms. The highest BCUT2D eigenvalue weighted by atomic mass is 35.5. The topological polar surface area (TPSA) is 35.6 Å². The molecule has 0 N–H and O–H groups in total. The van der Waals surface area contributed by atoms with Crippen molar-refractivity contribution in [3.8, 4) is 0 Å². The molecule has 3 rings (SSSR count). The van der Waals surface area contributed by atoms with Gasteiger partial charge >= 0.3 is 0 Å². The van der Waals surface area contributed by atoms with Crippen molar-refractivity contribution in [1.82, 2.24) is 19.3 Å². The summed E-state index contributed by atoms with van der Waals surface area (Å²) >= 11 is 6.32. The number of aryl methyl sites for hydroxylation is 2. The van der Waals surface area contributed by atoms with Gasteiger partial charge in [0.1, 0.15) is 11.3 Å². The third kappa shape index (κ3) is 2.06. The van der Waals surface area contributed by atoms with E-state index < -0.39 is 0 Å². The molecule has 2 aromatic heterocycles. The minimum absolute atomic E-state index is 0.0582. The Morgan fingerprint density at radius 3 is 2.68 bits per heavy atom. The number of imidazole rings is 1. The number of fused-ring (bicyclic) bond motifs is 1. The lowest BCUT2D eigenvalue weighted by atomic mass is 9.85. The molecule has 0 saturated heterocycles. The van der Waals surface area contributed by atoms with Gasteiger partial charge in [0.05, 0.1) is 11.1 Å². The molecule has 2 aromatic rings. The molecule has 1 aliphatic carbocycles. The first kappa shape index (κ1) is 13.0. The zero-order chi connectivity index (χ0) is 13.6.